The van der Waals surface area contributed by atoms with E-state index in [0.29, 0.717) is 0 Å². The van der Waals surface area contributed by atoms with E-state index in [1.807, 2.05) is 95.6 Å². The molecular weight excluding hydrogens is 423 g/mol. The minimum atomic E-state index is -2.97. The summed E-state index contributed by atoms with van der Waals surface area (Å²) in [4.78, 5) is 0. The second-order valence-electron chi connectivity index (χ2n) is 8.12. The van der Waals surface area contributed by atoms with E-state index in [-0.39, 0.29) is 0 Å². The molecule has 4 heteroatoms. The van der Waals surface area contributed by atoms with Crippen molar-refractivity contribution in [2.75, 3.05) is 0 Å². The smallest absolute Gasteiger partial charge is 0.171 e. The van der Waals surface area contributed by atoms with Crippen LogP contribution in [-0.4, -0.2) is 9.61 Å². The van der Waals surface area contributed by atoms with Gasteiger partial charge in [0.2, 0.25) is 0 Å². The highest BCUT2D eigenvalue weighted by molar-refractivity contribution is 7.85. The van der Waals surface area contributed by atoms with Gasteiger partial charge in [0.1, 0.15) is 0 Å². The van der Waals surface area contributed by atoms with Crippen molar-refractivity contribution >= 4 is 39.3 Å². The van der Waals surface area contributed by atoms with E-state index in [4.69, 9.17) is 0 Å². The fourth-order valence-electron chi connectivity index (χ4n) is 4.45. The Morgan fingerprint density at radius 3 is 1.79 bits per heavy atom. The number of hydrogen-bond donors (Lipinski definition) is 0. The lowest BCUT2D eigenvalue weighted by atomic mass is 10.1. The van der Waals surface area contributed by atoms with Gasteiger partial charge in [0, 0.05) is 33.1 Å². The van der Waals surface area contributed by atoms with Crippen LogP contribution in [0.5, 0.6) is 0 Å². The second kappa shape index (κ2) is 7.88. The van der Waals surface area contributed by atoms with Crippen molar-refractivity contribution in [3.05, 3.63) is 128 Å². The molecule has 158 valence electrons. The van der Waals surface area contributed by atoms with Crippen molar-refractivity contribution in [3.8, 4) is 11.1 Å². The summed E-state index contributed by atoms with van der Waals surface area (Å²) in [5.74, 6) is 0. The van der Waals surface area contributed by atoms with Crippen molar-refractivity contribution in [2.45, 2.75) is 0 Å². The molecule has 0 bridgehead atoms. The van der Waals surface area contributed by atoms with Crippen LogP contribution in [0.1, 0.15) is 0 Å². The standard InChI is InChI=1S/C29H21N2OP/c32-33(25-11-3-1-4-12-25,26-13-5-2-6-14-26)27-17-15-22(16-18-27)28-20-30-31-21-24-10-8-7-9-23(24)19-29(28)31/h1-21H. The molecule has 0 spiro atoms. The van der Waals surface area contributed by atoms with Crippen molar-refractivity contribution in [1.29, 1.82) is 0 Å². The van der Waals surface area contributed by atoms with Crippen LogP contribution in [0.4, 0.5) is 0 Å². The molecule has 0 aliphatic carbocycles. The molecule has 0 saturated carbocycles. The Hall–Kier alpha value is -3.94. The van der Waals surface area contributed by atoms with E-state index < -0.39 is 7.14 Å². The highest BCUT2D eigenvalue weighted by Gasteiger charge is 2.29. The quantitative estimate of drug-likeness (QED) is 0.323. The molecule has 33 heavy (non-hydrogen) atoms. The van der Waals surface area contributed by atoms with Gasteiger partial charge in [-0.15, -0.1) is 0 Å². The lowest BCUT2D eigenvalue weighted by Crippen LogP contribution is -2.24. The maximum atomic E-state index is 14.6. The van der Waals surface area contributed by atoms with Gasteiger partial charge in [0.15, 0.2) is 7.14 Å². The van der Waals surface area contributed by atoms with Gasteiger partial charge < -0.3 is 4.57 Å². The summed E-state index contributed by atoms with van der Waals surface area (Å²) in [6, 6.07) is 38.1. The molecule has 2 heterocycles. The van der Waals surface area contributed by atoms with Gasteiger partial charge in [0.05, 0.1) is 11.7 Å². The van der Waals surface area contributed by atoms with E-state index >= 15 is 0 Å². The molecule has 2 aromatic heterocycles. The minimum Gasteiger partial charge on any atom is -0.309 e. The Kier molecular flexibility index (Phi) is 4.71. The molecule has 0 saturated heterocycles. The van der Waals surface area contributed by atoms with Crippen LogP contribution in [0.15, 0.2) is 128 Å². The van der Waals surface area contributed by atoms with E-state index in [1.165, 1.54) is 5.39 Å². The third-order valence-electron chi connectivity index (χ3n) is 6.17. The highest BCUT2D eigenvalue weighted by atomic mass is 31.2. The monoisotopic (exact) mass is 444 g/mol. The van der Waals surface area contributed by atoms with Crippen LogP contribution in [0, 0.1) is 0 Å². The van der Waals surface area contributed by atoms with Gasteiger partial charge in [-0.25, -0.2) is 4.52 Å². The summed E-state index contributed by atoms with van der Waals surface area (Å²) in [6.45, 7) is 0. The maximum absolute atomic E-state index is 14.6. The normalized spacial score (nSPS) is 11.8. The van der Waals surface area contributed by atoms with Crippen molar-refractivity contribution in [1.82, 2.24) is 9.61 Å². The molecule has 4 aromatic carbocycles. The van der Waals surface area contributed by atoms with E-state index in [2.05, 4.69) is 41.6 Å². The first kappa shape index (κ1) is 19.7. The Labute approximate surface area is 192 Å². The second-order valence-corrected chi connectivity index (χ2v) is 10.9. The predicted octanol–water partition coefficient (Wildman–Crippen LogP) is 5.79. The molecule has 0 amide bonds. The zero-order chi connectivity index (χ0) is 22.3. The summed E-state index contributed by atoms with van der Waals surface area (Å²) in [5, 5.41) is 9.41. The van der Waals surface area contributed by atoms with Crippen LogP contribution in [0.3, 0.4) is 0 Å². The molecule has 6 rings (SSSR count). The van der Waals surface area contributed by atoms with Crippen LogP contribution < -0.4 is 15.9 Å². The van der Waals surface area contributed by atoms with Gasteiger partial charge in [0.25, 0.3) is 0 Å². The average molecular weight is 444 g/mol. The van der Waals surface area contributed by atoms with Gasteiger partial charge in [-0.2, -0.15) is 5.10 Å². The van der Waals surface area contributed by atoms with Crippen molar-refractivity contribution in [2.24, 2.45) is 0 Å². The third-order valence-corrected chi connectivity index (χ3v) is 9.24. The van der Waals surface area contributed by atoms with Gasteiger partial charge in [-0.3, -0.25) is 0 Å². The molecular formula is C29H21N2OP. The lowest BCUT2D eigenvalue weighted by molar-refractivity contribution is 0.592. The molecule has 0 fully saturated rings. The number of pyridine rings is 1. The summed E-state index contributed by atoms with van der Waals surface area (Å²) in [5.41, 5.74) is 3.16. The lowest BCUT2D eigenvalue weighted by Gasteiger charge is -2.20. The first-order chi connectivity index (χ1) is 16.2. The van der Waals surface area contributed by atoms with Crippen molar-refractivity contribution < 1.29 is 4.57 Å². The molecule has 0 N–H and O–H groups in total. The molecule has 0 radical (unpaired) electrons. The number of aromatic nitrogens is 2. The Morgan fingerprint density at radius 2 is 1.15 bits per heavy atom. The molecule has 3 nitrogen and oxygen atoms in total. The molecule has 6 aromatic rings. The first-order valence-corrected chi connectivity index (χ1v) is 12.6. The van der Waals surface area contributed by atoms with Gasteiger partial charge in [-0.1, -0.05) is 109 Å². The average Bonchev–Trinajstić information content (AvgIpc) is 3.30. The zero-order valence-corrected chi connectivity index (χ0v) is 18.8. The fraction of sp³-hybridized carbons (Fsp3) is 0. The molecule has 0 unspecified atom stereocenters. The van der Waals surface area contributed by atoms with Crippen LogP contribution >= 0.6 is 7.14 Å². The SMILES string of the molecule is O=P(c1ccccc1)(c1ccccc1)c1ccc(-c2cnn3cc4ccccc4cc23)cc1. The van der Waals surface area contributed by atoms with E-state index in [0.717, 1.165) is 37.9 Å². The zero-order valence-electron chi connectivity index (χ0n) is 17.9. The summed E-state index contributed by atoms with van der Waals surface area (Å²) >= 11 is 0. The Morgan fingerprint density at radius 1 is 0.606 bits per heavy atom. The number of nitrogens with zero attached hydrogens (tertiary/aromatic N) is 2. The highest BCUT2D eigenvalue weighted by Crippen LogP contribution is 2.42. The summed E-state index contributed by atoms with van der Waals surface area (Å²) < 4.78 is 16.5. The third kappa shape index (κ3) is 3.29. The number of rotatable bonds is 4. The number of fused-ring (bicyclic) bond motifs is 2. The topological polar surface area (TPSA) is 34.4 Å². The van der Waals surface area contributed by atoms with Gasteiger partial charge >= 0.3 is 0 Å². The van der Waals surface area contributed by atoms with Crippen molar-refractivity contribution in [3.63, 3.8) is 0 Å². The maximum Gasteiger partial charge on any atom is 0.171 e. The van der Waals surface area contributed by atoms with Crippen LogP contribution in [-0.2, 0) is 4.57 Å². The Bertz CT molecular complexity index is 1580. The summed E-state index contributed by atoms with van der Waals surface area (Å²) in [6.07, 6.45) is 3.96. The van der Waals surface area contributed by atoms with E-state index in [9.17, 15) is 4.57 Å². The fourth-order valence-corrected chi connectivity index (χ4v) is 7.10. The van der Waals surface area contributed by atoms with Gasteiger partial charge in [-0.05, 0) is 17.0 Å². The minimum absolute atomic E-state index is 0.825. The number of hydrogen-bond acceptors (Lipinski definition) is 2. The van der Waals surface area contributed by atoms with E-state index in [1.54, 1.807) is 0 Å². The summed E-state index contributed by atoms with van der Waals surface area (Å²) in [7, 11) is -2.97. The Balaban J connectivity index is 1.47. The predicted molar refractivity (Wildman–Crippen MR) is 138 cm³/mol. The molecule has 0 atom stereocenters. The largest absolute Gasteiger partial charge is 0.309 e. The first-order valence-electron chi connectivity index (χ1n) is 10.9. The van der Waals surface area contributed by atoms with Crippen LogP contribution in [0.25, 0.3) is 27.4 Å². The number of benzene rings is 4. The molecule has 0 aliphatic rings. The molecule has 0 aliphatic heterocycles. The van der Waals surface area contributed by atoms with Crippen LogP contribution in [0.2, 0.25) is 0 Å².